The van der Waals surface area contributed by atoms with Crippen LogP contribution in [0.15, 0.2) is 47.4 Å². The van der Waals surface area contributed by atoms with Crippen molar-refractivity contribution in [2.24, 2.45) is 0 Å². The molecule has 2 aromatic carbocycles. The van der Waals surface area contributed by atoms with Crippen LogP contribution in [0.5, 0.6) is 11.6 Å². The molecule has 1 aliphatic carbocycles. The Kier molecular flexibility index (Phi) is 7.06. The van der Waals surface area contributed by atoms with Gasteiger partial charge in [0.1, 0.15) is 5.75 Å². The summed E-state index contributed by atoms with van der Waals surface area (Å²) >= 11 is 6.81. The van der Waals surface area contributed by atoms with E-state index < -0.39 is 44.7 Å². The number of ether oxygens (including phenoxy) is 2. The number of carbonyl (C=O) groups excluding carboxylic acids is 2. The van der Waals surface area contributed by atoms with Crippen LogP contribution in [0.4, 0.5) is 13.9 Å². The van der Waals surface area contributed by atoms with E-state index in [2.05, 4.69) is 10.3 Å². The van der Waals surface area contributed by atoms with E-state index in [1.165, 1.54) is 24.3 Å². The summed E-state index contributed by atoms with van der Waals surface area (Å²) in [5.74, 6) is -4.03. The number of nitrogens with one attached hydrogen (secondary N) is 1. The maximum absolute atomic E-state index is 13.7. The monoisotopic (exact) mass is 542 g/mol. The molecule has 1 amide bonds. The number of sulfone groups is 1. The molecule has 0 spiro atoms. The molecule has 13 heteroatoms. The third-order valence-electron chi connectivity index (χ3n) is 4.89. The molecule has 1 aliphatic rings. The van der Waals surface area contributed by atoms with Crippen molar-refractivity contribution in [3.05, 3.63) is 64.0 Å². The standard InChI is InChI=1S/C22H17ClF2N2O6S2/c1-11(28)32-21-19(23)34-22(27-21)26-20(29)18(33-13-4-9-16(24)17(25)10-13)12-2-5-14(6-3-12)35(30,31)15-7-8-15/h2-6,9-10,15,18H,7-8H2,1H3,(H,26,27,29). The first-order valence-electron chi connectivity index (χ1n) is 10.2. The summed E-state index contributed by atoms with van der Waals surface area (Å²) in [5, 5.41) is 2.05. The fourth-order valence-corrected chi connectivity index (χ4v) is 5.65. The molecule has 1 N–H and O–H groups in total. The van der Waals surface area contributed by atoms with E-state index in [4.69, 9.17) is 21.1 Å². The summed E-state index contributed by atoms with van der Waals surface area (Å²) in [5.41, 5.74) is 0.241. The lowest BCUT2D eigenvalue weighted by molar-refractivity contribution is -0.132. The minimum absolute atomic E-state index is 0.0110. The number of aromatic nitrogens is 1. The first kappa shape index (κ1) is 25.0. The number of halogens is 3. The molecule has 1 heterocycles. The number of carbonyl (C=O) groups is 2. The van der Waals surface area contributed by atoms with Gasteiger partial charge in [-0.3, -0.25) is 14.9 Å². The average Bonchev–Trinajstić information content (AvgIpc) is 3.60. The number of thiazole rings is 1. The second-order valence-electron chi connectivity index (χ2n) is 7.57. The number of amides is 1. The van der Waals surface area contributed by atoms with Gasteiger partial charge in [0.2, 0.25) is 6.10 Å². The normalized spacial score (nSPS) is 14.3. The predicted octanol–water partition coefficient (Wildman–Crippen LogP) is 4.69. The van der Waals surface area contributed by atoms with E-state index in [0.29, 0.717) is 12.8 Å². The largest absolute Gasteiger partial charge is 0.476 e. The topological polar surface area (TPSA) is 112 Å². The molecular weight excluding hydrogens is 526 g/mol. The summed E-state index contributed by atoms with van der Waals surface area (Å²) in [4.78, 5) is 28.3. The fourth-order valence-electron chi connectivity index (χ4n) is 3.07. The number of hydrogen-bond acceptors (Lipinski definition) is 8. The van der Waals surface area contributed by atoms with Crippen LogP contribution in [-0.2, 0) is 19.4 Å². The molecule has 8 nitrogen and oxygen atoms in total. The number of hydrogen-bond donors (Lipinski definition) is 1. The van der Waals surface area contributed by atoms with E-state index in [0.717, 1.165) is 36.5 Å². The SMILES string of the molecule is CC(=O)Oc1nc(NC(=O)C(Oc2ccc(F)c(F)c2)c2ccc(S(=O)(=O)C3CC3)cc2)sc1Cl. The van der Waals surface area contributed by atoms with Gasteiger partial charge in [-0.1, -0.05) is 35.1 Å². The Bertz CT molecular complexity index is 1390. The summed E-state index contributed by atoms with van der Waals surface area (Å²) in [7, 11) is -3.46. The number of rotatable bonds is 8. The van der Waals surface area contributed by atoms with Crippen LogP contribution in [0.25, 0.3) is 0 Å². The number of nitrogens with zero attached hydrogens (tertiary/aromatic N) is 1. The number of esters is 1. The van der Waals surface area contributed by atoms with Crippen molar-refractivity contribution >= 4 is 49.8 Å². The van der Waals surface area contributed by atoms with E-state index in [9.17, 15) is 26.8 Å². The van der Waals surface area contributed by atoms with Gasteiger partial charge >= 0.3 is 5.97 Å². The summed E-state index contributed by atoms with van der Waals surface area (Å²) in [6.07, 6.45) is -0.211. The third-order valence-corrected chi connectivity index (χ3v) is 8.30. The van der Waals surface area contributed by atoms with Gasteiger partial charge < -0.3 is 9.47 Å². The van der Waals surface area contributed by atoms with Gasteiger partial charge in [-0.25, -0.2) is 17.2 Å². The van der Waals surface area contributed by atoms with Crippen molar-refractivity contribution in [1.82, 2.24) is 4.98 Å². The molecule has 1 aromatic heterocycles. The molecule has 0 aliphatic heterocycles. The lowest BCUT2D eigenvalue weighted by Crippen LogP contribution is -2.26. The highest BCUT2D eigenvalue weighted by atomic mass is 35.5. The minimum Gasteiger partial charge on any atom is -0.476 e. The maximum Gasteiger partial charge on any atom is 0.309 e. The van der Waals surface area contributed by atoms with Gasteiger partial charge in [-0.15, -0.1) is 0 Å². The lowest BCUT2D eigenvalue weighted by Gasteiger charge is -2.19. The Balaban J connectivity index is 1.62. The van der Waals surface area contributed by atoms with Gasteiger partial charge in [0.05, 0.1) is 10.1 Å². The molecule has 0 bridgehead atoms. The molecule has 1 fully saturated rings. The van der Waals surface area contributed by atoms with Crippen molar-refractivity contribution in [3.63, 3.8) is 0 Å². The van der Waals surface area contributed by atoms with Crippen LogP contribution in [0.3, 0.4) is 0 Å². The van der Waals surface area contributed by atoms with Crippen LogP contribution in [0.1, 0.15) is 31.4 Å². The minimum atomic E-state index is -3.46. The fraction of sp³-hybridized carbons (Fsp3) is 0.227. The van der Waals surface area contributed by atoms with Crippen molar-refractivity contribution in [1.29, 1.82) is 0 Å². The second-order valence-corrected chi connectivity index (χ2v) is 11.4. The van der Waals surface area contributed by atoms with Crippen LogP contribution in [-0.4, -0.2) is 30.5 Å². The van der Waals surface area contributed by atoms with Gasteiger partial charge in [0.15, 0.2) is 30.9 Å². The van der Waals surface area contributed by atoms with Crippen molar-refractivity contribution < 1.29 is 36.3 Å². The van der Waals surface area contributed by atoms with Gasteiger partial charge in [0.25, 0.3) is 11.8 Å². The first-order valence-corrected chi connectivity index (χ1v) is 12.9. The van der Waals surface area contributed by atoms with Crippen molar-refractivity contribution in [2.75, 3.05) is 5.32 Å². The molecule has 35 heavy (non-hydrogen) atoms. The molecule has 0 radical (unpaired) electrons. The molecule has 3 aromatic rings. The highest BCUT2D eigenvalue weighted by Gasteiger charge is 2.37. The van der Waals surface area contributed by atoms with Crippen LogP contribution in [0, 0.1) is 11.6 Å². The Morgan fingerprint density at radius 1 is 1.14 bits per heavy atom. The molecule has 184 valence electrons. The summed E-state index contributed by atoms with van der Waals surface area (Å²) in [6.45, 7) is 1.16. The van der Waals surface area contributed by atoms with Crippen LogP contribution in [0.2, 0.25) is 4.34 Å². The Labute approximate surface area is 207 Å². The molecule has 1 unspecified atom stereocenters. The predicted molar refractivity (Wildman–Crippen MR) is 123 cm³/mol. The Hall–Kier alpha value is -3.09. The number of anilines is 1. The van der Waals surface area contributed by atoms with Crippen molar-refractivity contribution in [2.45, 2.75) is 36.0 Å². The van der Waals surface area contributed by atoms with E-state index in [-0.39, 0.29) is 31.6 Å². The van der Waals surface area contributed by atoms with E-state index >= 15 is 0 Å². The van der Waals surface area contributed by atoms with Crippen molar-refractivity contribution in [3.8, 4) is 11.6 Å². The zero-order valence-corrected chi connectivity index (χ0v) is 20.3. The highest BCUT2D eigenvalue weighted by molar-refractivity contribution is 7.92. The zero-order chi connectivity index (χ0) is 25.3. The maximum atomic E-state index is 13.7. The smallest absolute Gasteiger partial charge is 0.309 e. The van der Waals surface area contributed by atoms with Gasteiger partial charge in [-0.2, -0.15) is 4.98 Å². The van der Waals surface area contributed by atoms with E-state index in [1.54, 1.807) is 0 Å². The summed E-state index contributed by atoms with van der Waals surface area (Å²) in [6, 6.07) is 8.28. The quantitative estimate of drug-likeness (QED) is 0.411. The average molecular weight is 543 g/mol. The Morgan fingerprint density at radius 3 is 2.43 bits per heavy atom. The van der Waals surface area contributed by atoms with Crippen LogP contribution < -0.4 is 14.8 Å². The third kappa shape index (κ3) is 5.77. The second kappa shape index (κ2) is 9.88. The van der Waals surface area contributed by atoms with Gasteiger partial charge in [-0.05, 0) is 37.1 Å². The highest BCUT2D eigenvalue weighted by Crippen LogP contribution is 2.36. The molecule has 4 rings (SSSR count). The molecule has 0 saturated heterocycles. The Morgan fingerprint density at radius 2 is 1.83 bits per heavy atom. The van der Waals surface area contributed by atoms with Gasteiger partial charge in [0, 0.05) is 18.6 Å². The first-order chi connectivity index (χ1) is 16.5. The zero-order valence-electron chi connectivity index (χ0n) is 18.0. The molecule has 1 atom stereocenters. The molecular formula is C22H17ClF2N2O6S2. The number of benzene rings is 2. The van der Waals surface area contributed by atoms with Crippen LogP contribution >= 0.6 is 22.9 Å². The summed E-state index contributed by atoms with van der Waals surface area (Å²) < 4.78 is 62.5. The molecule has 1 saturated carbocycles. The van der Waals surface area contributed by atoms with E-state index in [1.807, 2.05) is 0 Å². The lowest BCUT2D eigenvalue weighted by atomic mass is 10.1.